The Kier molecular flexibility index (Phi) is 5.73. The van der Waals surface area contributed by atoms with Gasteiger partial charge >= 0.3 is 0 Å². The monoisotopic (exact) mass is 308 g/mol. The molecule has 2 heterocycles. The highest BCUT2D eigenvalue weighted by molar-refractivity contribution is 6.31. The summed E-state index contributed by atoms with van der Waals surface area (Å²) < 4.78 is 7.02. The molecule has 21 heavy (non-hydrogen) atoms. The zero-order valence-corrected chi connectivity index (χ0v) is 13.4. The molecule has 0 saturated carbocycles. The summed E-state index contributed by atoms with van der Waals surface area (Å²) in [5, 5.41) is 8.64. The van der Waals surface area contributed by atoms with Gasteiger partial charge in [-0.3, -0.25) is 9.67 Å². The number of halogens is 1. The maximum atomic E-state index is 6.16. The minimum atomic E-state index is 0.659. The van der Waals surface area contributed by atoms with Gasteiger partial charge in [0.25, 0.3) is 0 Å². The number of hydrogen-bond donors (Lipinski definition) is 1. The van der Waals surface area contributed by atoms with E-state index in [-0.39, 0.29) is 0 Å². The van der Waals surface area contributed by atoms with Gasteiger partial charge in [-0.1, -0.05) is 11.6 Å². The van der Waals surface area contributed by atoms with Gasteiger partial charge in [0, 0.05) is 43.9 Å². The maximum absolute atomic E-state index is 6.16. The molecule has 0 spiro atoms. The molecule has 114 valence electrons. The predicted molar refractivity (Wildman–Crippen MR) is 83.6 cm³/mol. The van der Waals surface area contributed by atoms with E-state index in [0.29, 0.717) is 18.2 Å². The van der Waals surface area contributed by atoms with Gasteiger partial charge in [0.1, 0.15) is 0 Å². The van der Waals surface area contributed by atoms with Crippen molar-refractivity contribution < 1.29 is 4.74 Å². The van der Waals surface area contributed by atoms with E-state index in [1.54, 1.807) is 19.5 Å². The van der Waals surface area contributed by atoms with Crippen LogP contribution < -0.4 is 5.32 Å². The molecule has 0 bridgehead atoms. The Labute approximate surface area is 130 Å². The summed E-state index contributed by atoms with van der Waals surface area (Å²) in [6.07, 6.45) is 3.41. The normalized spacial score (nSPS) is 11.0. The number of aryl methyl sites for hydroxylation is 1. The summed E-state index contributed by atoms with van der Waals surface area (Å²) in [7, 11) is 1.70. The average molecular weight is 309 g/mol. The number of ether oxygens (including phenoxy) is 1. The Morgan fingerprint density at radius 2 is 2.19 bits per heavy atom. The van der Waals surface area contributed by atoms with Crippen LogP contribution in [0.15, 0.2) is 18.5 Å². The van der Waals surface area contributed by atoms with Gasteiger partial charge in [-0.15, -0.1) is 0 Å². The van der Waals surface area contributed by atoms with Crippen molar-refractivity contribution in [3.63, 3.8) is 0 Å². The van der Waals surface area contributed by atoms with Crippen LogP contribution in [0.4, 0.5) is 0 Å². The van der Waals surface area contributed by atoms with E-state index in [2.05, 4.69) is 22.3 Å². The number of nitrogens with zero attached hydrogens (tertiary/aromatic N) is 3. The molecule has 0 amide bonds. The van der Waals surface area contributed by atoms with Crippen molar-refractivity contribution in [3.05, 3.63) is 46.0 Å². The Morgan fingerprint density at radius 1 is 1.38 bits per heavy atom. The Hall–Kier alpha value is -1.43. The van der Waals surface area contributed by atoms with Crippen LogP contribution in [0.5, 0.6) is 0 Å². The number of aromatic nitrogens is 3. The number of rotatable bonds is 7. The van der Waals surface area contributed by atoms with E-state index in [1.807, 2.05) is 17.7 Å². The minimum Gasteiger partial charge on any atom is -0.383 e. The van der Waals surface area contributed by atoms with E-state index in [4.69, 9.17) is 16.3 Å². The number of pyridine rings is 1. The maximum Gasteiger partial charge on any atom is 0.0678 e. The summed E-state index contributed by atoms with van der Waals surface area (Å²) in [5.74, 6) is 0. The van der Waals surface area contributed by atoms with Crippen LogP contribution in [-0.2, 0) is 17.8 Å². The van der Waals surface area contributed by atoms with Gasteiger partial charge in [0.15, 0.2) is 0 Å². The summed E-state index contributed by atoms with van der Waals surface area (Å²) in [4.78, 5) is 4.01. The lowest BCUT2D eigenvalue weighted by Gasteiger charge is -2.08. The van der Waals surface area contributed by atoms with E-state index < -0.39 is 0 Å². The molecule has 0 unspecified atom stereocenters. The van der Waals surface area contributed by atoms with Gasteiger partial charge in [-0.25, -0.2) is 0 Å². The van der Waals surface area contributed by atoms with Crippen LogP contribution >= 0.6 is 11.6 Å². The predicted octanol–water partition coefficient (Wildman–Crippen LogP) is 2.33. The lowest BCUT2D eigenvalue weighted by Crippen LogP contribution is -2.19. The SMILES string of the molecule is COCCNCc1c(C)nn(Cc2ccncc2Cl)c1C. The molecule has 2 rings (SSSR count). The molecule has 6 heteroatoms. The van der Waals surface area contributed by atoms with E-state index >= 15 is 0 Å². The van der Waals surface area contributed by atoms with Crippen molar-refractivity contribution in [2.24, 2.45) is 0 Å². The van der Waals surface area contributed by atoms with Crippen LogP contribution in [0.1, 0.15) is 22.5 Å². The third-order valence-corrected chi connectivity index (χ3v) is 3.83. The highest BCUT2D eigenvalue weighted by atomic mass is 35.5. The van der Waals surface area contributed by atoms with Gasteiger partial charge in [0.05, 0.1) is 23.9 Å². The molecule has 0 fully saturated rings. The summed E-state index contributed by atoms with van der Waals surface area (Å²) in [6.45, 7) is 7.11. The quantitative estimate of drug-likeness (QED) is 0.798. The van der Waals surface area contributed by atoms with Gasteiger partial charge in [-0.05, 0) is 25.5 Å². The standard InChI is InChI=1S/C15H21ClN4O/c1-11-14(8-18-6-7-21-3)12(2)20(19-11)10-13-4-5-17-9-15(13)16/h4-5,9,18H,6-8,10H2,1-3H3. The first kappa shape index (κ1) is 15.9. The number of methoxy groups -OCH3 is 1. The first-order chi connectivity index (χ1) is 10.1. The fraction of sp³-hybridized carbons (Fsp3) is 0.467. The first-order valence-corrected chi connectivity index (χ1v) is 7.32. The molecule has 0 aliphatic heterocycles. The molecule has 0 saturated heterocycles. The van der Waals surface area contributed by atoms with Crippen molar-refractivity contribution >= 4 is 11.6 Å². The number of nitrogens with one attached hydrogen (secondary N) is 1. The second-order valence-corrected chi connectivity index (χ2v) is 5.35. The van der Waals surface area contributed by atoms with E-state index in [1.165, 1.54) is 5.56 Å². The van der Waals surface area contributed by atoms with E-state index in [9.17, 15) is 0 Å². The van der Waals surface area contributed by atoms with Crippen LogP contribution in [0.3, 0.4) is 0 Å². The average Bonchev–Trinajstić information content (AvgIpc) is 2.73. The zero-order chi connectivity index (χ0) is 15.2. The minimum absolute atomic E-state index is 0.659. The largest absolute Gasteiger partial charge is 0.383 e. The smallest absolute Gasteiger partial charge is 0.0678 e. The van der Waals surface area contributed by atoms with Gasteiger partial charge in [-0.2, -0.15) is 5.10 Å². The first-order valence-electron chi connectivity index (χ1n) is 6.94. The topological polar surface area (TPSA) is 52.0 Å². The lowest BCUT2D eigenvalue weighted by atomic mass is 10.2. The van der Waals surface area contributed by atoms with Gasteiger partial charge < -0.3 is 10.1 Å². The Balaban J connectivity index is 2.10. The van der Waals surface area contributed by atoms with Crippen molar-refractivity contribution in [1.82, 2.24) is 20.1 Å². The van der Waals surface area contributed by atoms with Gasteiger partial charge in [0.2, 0.25) is 0 Å². The summed E-state index contributed by atoms with van der Waals surface area (Å²) in [6, 6.07) is 1.93. The highest BCUT2D eigenvalue weighted by Gasteiger charge is 2.12. The third-order valence-electron chi connectivity index (χ3n) is 3.49. The van der Waals surface area contributed by atoms with Crippen molar-refractivity contribution in [2.75, 3.05) is 20.3 Å². The van der Waals surface area contributed by atoms with Crippen molar-refractivity contribution in [1.29, 1.82) is 0 Å². The summed E-state index contributed by atoms with van der Waals surface area (Å²) >= 11 is 6.16. The molecule has 0 aliphatic carbocycles. The molecular weight excluding hydrogens is 288 g/mol. The molecule has 2 aromatic rings. The Morgan fingerprint density at radius 3 is 2.90 bits per heavy atom. The molecule has 0 aliphatic rings. The molecule has 5 nitrogen and oxygen atoms in total. The second kappa shape index (κ2) is 7.54. The van der Waals surface area contributed by atoms with Crippen molar-refractivity contribution in [2.45, 2.75) is 26.9 Å². The van der Waals surface area contributed by atoms with Crippen LogP contribution in [0.2, 0.25) is 5.02 Å². The summed E-state index contributed by atoms with van der Waals surface area (Å²) in [5.41, 5.74) is 4.46. The van der Waals surface area contributed by atoms with E-state index in [0.717, 1.165) is 30.0 Å². The van der Waals surface area contributed by atoms with Crippen LogP contribution in [0, 0.1) is 13.8 Å². The van der Waals surface area contributed by atoms with Crippen LogP contribution in [0.25, 0.3) is 0 Å². The second-order valence-electron chi connectivity index (χ2n) is 4.94. The fourth-order valence-corrected chi connectivity index (χ4v) is 2.40. The van der Waals surface area contributed by atoms with Crippen molar-refractivity contribution in [3.8, 4) is 0 Å². The third kappa shape index (κ3) is 4.03. The fourth-order valence-electron chi connectivity index (χ4n) is 2.22. The molecular formula is C15H21ClN4O. The van der Waals surface area contributed by atoms with Crippen LogP contribution in [-0.4, -0.2) is 35.0 Å². The molecule has 0 radical (unpaired) electrons. The molecule has 0 atom stereocenters. The molecule has 0 aromatic carbocycles. The molecule has 2 aromatic heterocycles. The molecule has 1 N–H and O–H groups in total. The number of hydrogen-bond acceptors (Lipinski definition) is 4. The lowest BCUT2D eigenvalue weighted by molar-refractivity contribution is 0.199. The highest BCUT2D eigenvalue weighted by Crippen LogP contribution is 2.18. The Bertz CT molecular complexity index is 597. The zero-order valence-electron chi connectivity index (χ0n) is 12.7.